The van der Waals surface area contributed by atoms with Crippen molar-refractivity contribution in [2.75, 3.05) is 0 Å². The van der Waals surface area contributed by atoms with E-state index in [1.54, 1.807) is 0 Å². The molecule has 130 valence electrons. The van der Waals surface area contributed by atoms with Gasteiger partial charge in [-0.25, -0.2) is 0 Å². The molecule has 2 heteroatoms. The summed E-state index contributed by atoms with van der Waals surface area (Å²) < 4.78 is 0. The van der Waals surface area contributed by atoms with Gasteiger partial charge in [-0.1, -0.05) is 32.4 Å². The van der Waals surface area contributed by atoms with Crippen LogP contribution >= 0.6 is 0 Å². The van der Waals surface area contributed by atoms with Crippen LogP contribution in [-0.4, -0.2) is 11.6 Å². The van der Waals surface area contributed by atoms with E-state index in [-0.39, 0.29) is 16.7 Å². The SMILES string of the molecule is CC1=CC2C(CC[C@@]3(C)C2CCC(=O)[C@@H]3C)[C@@]2(C)CCC(=O)C=C12. The number of hydrogen-bond acceptors (Lipinski definition) is 2. The lowest BCUT2D eigenvalue weighted by Gasteiger charge is -2.60. The summed E-state index contributed by atoms with van der Waals surface area (Å²) in [6.07, 6.45) is 10.3. The number of carbonyl (C=O) groups is 2. The third-order valence-electron chi connectivity index (χ3n) is 8.44. The quantitative estimate of drug-likeness (QED) is 0.635. The minimum Gasteiger partial charge on any atom is -0.299 e. The van der Waals surface area contributed by atoms with Crippen LogP contribution in [0.1, 0.15) is 66.2 Å². The Morgan fingerprint density at radius 2 is 1.79 bits per heavy atom. The Morgan fingerprint density at radius 1 is 1.04 bits per heavy atom. The van der Waals surface area contributed by atoms with Crippen LogP contribution in [0.2, 0.25) is 0 Å². The number of ketones is 2. The minimum atomic E-state index is 0.156. The molecule has 0 N–H and O–H groups in total. The molecule has 6 atom stereocenters. The van der Waals surface area contributed by atoms with Crippen molar-refractivity contribution in [1.29, 1.82) is 0 Å². The van der Waals surface area contributed by atoms with Gasteiger partial charge in [-0.2, -0.15) is 0 Å². The van der Waals surface area contributed by atoms with Crippen LogP contribution in [0.3, 0.4) is 0 Å². The second-order valence-corrected chi connectivity index (χ2v) is 9.35. The average molecular weight is 326 g/mol. The van der Waals surface area contributed by atoms with Gasteiger partial charge in [-0.15, -0.1) is 0 Å². The standard InChI is InChI=1S/C22H30O2/c1-13-11-16-17-5-6-20(24)14(2)21(17,3)10-8-18(16)22(4)9-7-15(23)12-19(13)22/h11-12,14,16-18H,5-10H2,1-4H3/t14-,16?,17?,18?,21+,22+/m0/s1. The number of rotatable bonds is 0. The molecule has 2 nitrogen and oxygen atoms in total. The zero-order valence-electron chi connectivity index (χ0n) is 15.5. The number of fused-ring (bicyclic) bond motifs is 5. The van der Waals surface area contributed by atoms with E-state index in [1.165, 1.54) is 17.6 Å². The van der Waals surface area contributed by atoms with Crippen LogP contribution in [0.25, 0.3) is 0 Å². The largest absolute Gasteiger partial charge is 0.299 e. The molecule has 0 spiro atoms. The van der Waals surface area contributed by atoms with Crippen LogP contribution in [0, 0.1) is 34.5 Å². The summed E-state index contributed by atoms with van der Waals surface area (Å²) in [5.74, 6) is 2.80. The Bertz CT molecular complexity index is 669. The molecule has 0 aromatic heterocycles. The first-order chi connectivity index (χ1) is 11.3. The van der Waals surface area contributed by atoms with Crippen LogP contribution in [-0.2, 0) is 9.59 Å². The molecule has 0 aliphatic heterocycles. The van der Waals surface area contributed by atoms with Gasteiger partial charge < -0.3 is 0 Å². The molecule has 0 heterocycles. The lowest BCUT2D eigenvalue weighted by Crippen LogP contribution is -2.54. The highest BCUT2D eigenvalue weighted by Crippen LogP contribution is 2.64. The predicted octanol–water partition coefficient (Wildman–Crippen LogP) is 4.89. The Morgan fingerprint density at radius 3 is 2.54 bits per heavy atom. The van der Waals surface area contributed by atoms with Gasteiger partial charge in [0.2, 0.25) is 0 Å². The summed E-state index contributed by atoms with van der Waals surface area (Å²) in [5.41, 5.74) is 2.95. The summed E-state index contributed by atoms with van der Waals surface area (Å²) in [5, 5.41) is 0. The third kappa shape index (κ3) is 2.01. The molecule has 0 saturated heterocycles. The van der Waals surface area contributed by atoms with Gasteiger partial charge in [-0.3, -0.25) is 9.59 Å². The first kappa shape index (κ1) is 16.3. The number of Topliss-reactive ketones (excluding diaryl/α,β-unsaturated/α-hetero) is 1. The van der Waals surface area contributed by atoms with Crippen molar-refractivity contribution in [3.05, 3.63) is 23.3 Å². The zero-order valence-corrected chi connectivity index (χ0v) is 15.5. The Kier molecular flexibility index (Phi) is 3.50. The van der Waals surface area contributed by atoms with Crippen molar-refractivity contribution in [3.63, 3.8) is 0 Å². The van der Waals surface area contributed by atoms with E-state index >= 15 is 0 Å². The van der Waals surface area contributed by atoms with Crippen molar-refractivity contribution in [2.45, 2.75) is 66.2 Å². The molecule has 4 aliphatic carbocycles. The maximum atomic E-state index is 12.3. The zero-order chi connectivity index (χ0) is 17.3. The van der Waals surface area contributed by atoms with Crippen LogP contribution in [0.15, 0.2) is 23.3 Å². The van der Waals surface area contributed by atoms with Crippen molar-refractivity contribution in [1.82, 2.24) is 0 Å². The topological polar surface area (TPSA) is 34.1 Å². The highest BCUT2D eigenvalue weighted by Gasteiger charge is 2.57. The molecule has 0 radical (unpaired) electrons. The minimum absolute atomic E-state index is 0.156. The van der Waals surface area contributed by atoms with E-state index in [1.807, 2.05) is 6.08 Å². The summed E-state index contributed by atoms with van der Waals surface area (Å²) in [6, 6.07) is 0. The average Bonchev–Trinajstić information content (AvgIpc) is 2.53. The predicted molar refractivity (Wildman–Crippen MR) is 95.4 cm³/mol. The van der Waals surface area contributed by atoms with Crippen molar-refractivity contribution >= 4 is 11.6 Å². The molecule has 2 saturated carbocycles. The monoisotopic (exact) mass is 326 g/mol. The van der Waals surface area contributed by atoms with Crippen molar-refractivity contribution < 1.29 is 9.59 Å². The molecular formula is C22H30O2. The number of hydrogen-bond donors (Lipinski definition) is 0. The van der Waals surface area contributed by atoms with Gasteiger partial charge in [0, 0.05) is 18.8 Å². The number of carbonyl (C=O) groups excluding carboxylic acids is 2. The first-order valence-corrected chi connectivity index (χ1v) is 9.74. The molecular weight excluding hydrogens is 296 g/mol. The second kappa shape index (κ2) is 5.16. The Balaban J connectivity index is 1.79. The van der Waals surface area contributed by atoms with E-state index in [2.05, 4.69) is 33.8 Å². The summed E-state index contributed by atoms with van der Waals surface area (Å²) in [6.45, 7) is 9.14. The number of allylic oxidation sites excluding steroid dienone is 4. The lowest BCUT2D eigenvalue weighted by molar-refractivity contribution is -0.140. The third-order valence-corrected chi connectivity index (χ3v) is 8.44. The molecule has 4 aliphatic rings. The van der Waals surface area contributed by atoms with Gasteiger partial charge in [0.25, 0.3) is 0 Å². The normalized spacial score (nSPS) is 48.0. The molecule has 0 amide bonds. The molecule has 3 unspecified atom stereocenters. The van der Waals surface area contributed by atoms with Crippen molar-refractivity contribution in [2.24, 2.45) is 34.5 Å². The molecule has 24 heavy (non-hydrogen) atoms. The lowest BCUT2D eigenvalue weighted by atomic mass is 9.44. The molecule has 0 aromatic rings. The maximum Gasteiger partial charge on any atom is 0.156 e. The molecule has 0 bridgehead atoms. The summed E-state index contributed by atoms with van der Waals surface area (Å²) in [4.78, 5) is 24.3. The van der Waals surface area contributed by atoms with E-state index in [0.717, 1.165) is 25.7 Å². The highest BCUT2D eigenvalue weighted by atomic mass is 16.1. The molecule has 4 rings (SSSR count). The van der Waals surface area contributed by atoms with E-state index < -0.39 is 0 Å². The fraction of sp³-hybridized carbons (Fsp3) is 0.727. The van der Waals surface area contributed by atoms with E-state index in [9.17, 15) is 9.59 Å². The summed E-state index contributed by atoms with van der Waals surface area (Å²) >= 11 is 0. The fourth-order valence-electron chi connectivity index (χ4n) is 6.73. The molecule has 0 aromatic carbocycles. The second-order valence-electron chi connectivity index (χ2n) is 9.35. The van der Waals surface area contributed by atoms with Gasteiger partial charge in [0.05, 0.1) is 0 Å². The summed E-state index contributed by atoms with van der Waals surface area (Å²) in [7, 11) is 0. The van der Waals surface area contributed by atoms with Crippen LogP contribution < -0.4 is 0 Å². The smallest absolute Gasteiger partial charge is 0.156 e. The Labute approximate surface area is 145 Å². The Hall–Kier alpha value is -1.18. The van der Waals surface area contributed by atoms with Gasteiger partial charge in [0.1, 0.15) is 5.78 Å². The molecule has 2 fully saturated rings. The maximum absolute atomic E-state index is 12.3. The highest BCUT2D eigenvalue weighted by molar-refractivity contribution is 5.92. The van der Waals surface area contributed by atoms with Gasteiger partial charge in [0.15, 0.2) is 5.78 Å². The van der Waals surface area contributed by atoms with Crippen LogP contribution in [0.4, 0.5) is 0 Å². The van der Waals surface area contributed by atoms with E-state index in [4.69, 9.17) is 0 Å². The van der Waals surface area contributed by atoms with Crippen molar-refractivity contribution in [3.8, 4) is 0 Å². The fourth-order valence-corrected chi connectivity index (χ4v) is 6.73. The van der Waals surface area contributed by atoms with Gasteiger partial charge in [-0.05, 0) is 72.8 Å². The van der Waals surface area contributed by atoms with Crippen LogP contribution in [0.5, 0.6) is 0 Å². The van der Waals surface area contributed by atoms with Gasteiger partial charge >= 0.3 is 0 Å². The first-order valence-electron chi connectivity index (χ1n) is 9.74. The van der Waals surface area contributed by atoms with E-state index in [0.29, 0.717) is 35.7 Å².